The number of nitrogens with one attached hydrogen (secondary N) is 1. The van der Waals surface area contributed by atoms with E-state index >= 15 is 0 Å². The van der Waals surface area contributed by atoms with Gasteiger partial charge in [-0.1, -0.05) is 0 Å². The molecule has 0 unspecified atom stereocenters. The summed E-state index contributed by atoms with van der Waals surface area (Å²) in [4.78, 5) is 25.4. The fourth-order valence-corrected chi connectivity index (χ4v) is 3.76. The minimum atomic E-state index is -2.93. The van der Waals surface area contributed by atoms with Gasteiger partial charge in [-0.15, -0.1) is 0 Å². The highest BCUT2D eigenvalue weighted by atomic mass is 19.3. The second-order valence-electron chi connectivity index (χ2n) is 7.58. The van der Waals surface area contributed by atoms with E-state index in [9.17, 15) is 18.4 Å². The first kappa shape index (κ1) is 19.2. The van der Waals surface area contributed by atoms with Gasteiger partial charge in [0, 0.05) is 36.5 Å². The third kappa shape index (κ3) is 3.41. The van der Waals surface area contributed by atoms with Crippen molar-refractivity contribution in [2.45, 2.75) is 25.4 Å². The van der Waals surface area contributed by atoms with Crippen LogP contribution in [0.2, 0.25) is 0 Å². The lowest BCUT2D eigenvalue weighted by atomic mass is 10.1. The maximum absolute atomic E-state index is 13.6. The third-order valence-corrected chi connectivity index (χ3v) is 5.44. The van der Waals surface area contributed by atoms with Crippen LogP contribution in [0, 0.1) is 0 Å². The van der Waals surface area contributed by atoms with Crippen LogP contribution < -0.4 is 15.9 Å². The monoisotopic (exact) mass is 424 g/mol. The number of ether oxygens (including phenoxy) is 1. The smallest absolute Gasteiger partial charge is 0.387 e. The number of nitrogens with zero attached hydrogens (tertiary/aromatic N) is 3. The first-order valence-corrected chi connectivity index (χ1v) is 9.78. The van der Waals surface area contributed by atoms with E-state index in [2.05, 4.69) is 14.9 Å². The number of alkyl halides is 2. The van der Waals surface area contributed by atoms with Crippen LogP contribution in [-0.2, 0) is 7.05 Å². The molecule has 0 atom stereocenters. The molecule has 1 N–H and O–H groups in total. The molecule has 0 amide bonds. The number of aromatic amines is 1. The molecule has 0 spiro atoms. The first-order valence-electron chi connectivity index (χ1n) is 9.78. The number of halogens is 2. The molecular weight excluding hydrogens is 406 g/mol. The number of pyridine rings is 2. The summed E-state index contributed by atoms with van der Waals surface area (Å²) in [6, 6.07) is 10.6. The maximum Gasteiger partial charge on any atom is 0.387 e. The Morgan fingerprint density at radius 1 is 1.13 bits per heavy atom. The molecule has 5 rings (SSSR count). The number of benzene rings is 1. The molecule has 1 aromatic carbocycles. The molecule has 3 aromatic heterocycles. The Hall–Kier alpha value is -3.75. The average molecular weight is 424 g/mol. The van der Waals surface area contributed by atoms with Crippen molar-refractivity contribution in [3.8, 4) is 22.6 Å². The highest BCUT2D eigenvalue weighted by Gasteiger charge is 2.30. The number of aryl methyl sites for hydroxylation is 1. The molecule has 4 aromatic rings. The van der Waals surface area contributed by atoms with Crippen molar-refractivity contribution in [3.05, 3.63) is 75.1 Å². The first-order chi connectivity index (χ1) is 14.9. The molecule has 1 fully saturated rings. The van der Waals surface area contributed by atoms with Gasteiger partial charge in [0.15, 0.2) is 0 Å². The molecule has 1 aliphatic rings. The molecule has 1 aliphatic carbocycles. The van der Waals surface area contributed by atoms with Crippen molar-refractivity contribution < 1.29 is 13.5 Å². The van der Waals surface area contributed by atoms with Gasteiger partial charge in [0.2, 0.25) is 5.56 Å². The van der Waals surface area contributed by atoms with E-state index in [0.29, 0.717) is 33.8 Å². The lowest BCUT2D eigenvalue weighted by Crippen LogP contribution is -2.22. The Balaban J connectivity index is 1.75. The predicted molar refractivity (Wildman–Crippen MR) is 111 cm³/mol. The zero-order chi connectivity index (χ0) is 21.7. The molecule has 1 saturated carbocycles. The summed E-state index contributed by atoms with van der Waals surface area (Å²) < 4.78 is 32.4. The molecule has 158 valence electrons. The summed E-state index contributed by atoms with van der Waals surface area (Å²) in [7, 11) is 1.62. The Kier molecular flexibility index (Phi) is 4.46. The average Bonchev–Trinajstić information content (AvgIpc) is 3.50. The number of hydrogen-bond donors (Lipinski definition) is 1. The van der Waals surface area contributed by atoms with E-state index in [1.807, 2.05) is 0 Å². The molecule has 3 heterocycles. The van der Waals surface area contributed by atoms with Crippen LogP contribution in [-0.4, -0.2) is 25.9 Å². The molecular formula is C22H18F2N4O3. The Labute approximate surface area is 174 Å². The minimum absolute atomic E-state index is 0.00636. The lowest BCUT2D eigenvalue weighted by molar-refractivity contribution is -0.0498. The molecule has 31 heavy (non-hydrogen) atoms. The summed E-state index contributed by atoms with van der Waals surface area (Å²) in [6.07, 6.45) is 3.62. The van der Waals surface area contributed by atoms with Crippen LogP contribution in [0.1, 0.15) is 24.5 Å². The zero-order valence-electron chi connectivity index (χ0n) is 16.5. The summed E-state index contributed by atoms with van der Waals surface area (Å²) >= 11 is 0. The van der Waals surface area contributed by atoms with E-state index < -0.39 is 6.61 Å². The van der Waals surface area contributed by atoms with Crippen molar-refractivity contribution in [2.24, 2.45) is 7.05 Å². The largest absolute Gasteiger partial charge is 0.435 e. The molecule has 0 radical (unpaired) electrons. The Morgan fingerprint density at radius 2 is 1.87 bits per heavy atom. The van der Waals surface area contributed by atoms with Crippen molar-refractivity contribution in [3.63, 3.8) is 0 Å². The number of hydrogen-bond acceptors (Lipinski definition) is 4. The van der Waals surface area contributed by atoms with Crippen molar-refractivity contribution in [2.75, 3.05) is 0 Å². The lowest BCUT2D eigenvalue weighted by Gasteiger charge is -2.13. The fourth-order valence-electron chi connectivity index (χ4n) is 3.76. The van der Waals surface area contributed by atoms with Gasteiger partial charge in [-0.25, -0.2) is 0 Å². The van der Waals surface area contributed by atoms with Gasteiger partial charge >= 0.3 is 6.61 Å². The van der Waals surface area contributed by atoms with Crippen molar-refractivity contribution in [1.29, 1.82) is 0 Å². The highest BCUT2D eigenvalue weighted by Crippen LogP contribution is 2.42. The number of rotatable bonds is 5. The number of aromatic nitrogens is 4. The van der Waals surface area contributed by atoms with Crippen LogP contribution in [0.15, 0.2) is 58.3 Å². The third-order valence-electron chi connectivity index (χ3n) is 5.44. The van der Waals surface area contributed by atoms with E-state index in [-0.39, 0.29) is 16.9 Å². The van der Waals surface area contributed by atoms with Crippen LogP contribution in [0.3, 0.4) is 0 Å². The summed E-state index contributed by atoms with van der Waals surface area (Å²) in [5.41, 5.74) is 3.15. The maximum atomic E-state index is 13.6. The summed E-state index contributed by atoms with van der Waals surface area (Å²) in [5.74, 6) is 0.312. The SMILES string of the molecule is Cn1cc(-c2cc3n[nH]c(C4CC4)c3n(-c3ccc(OC(F)F)cc3)c2=O)ccc1=O. The minimum Gasteiger partial charge on any atom is -0.435 e. The Morgan fingerprint density at radius 3 is 2.52 bits per heavy atom. The van der Waals surface area contributed by atoms with Crippen molar-refractivity contribution >= 4 is 11.0 Å². The zero-order valence-corrected chi connectivity index (χ0v) is 16.5. The van der Waals surface area contributed by atoms with E-state index in [1.165, 1.54) is 22.8 Å². The fraction of sp³-hybridized carbons (Fsp3) is 0.227. The number of H-pyrrole nitrogens is 1. The molecule has 0 bridgehead atoms. The standard InChI is InChI=1S/C22H18F2N4O3/c1-27-11-13(4-9-18(27)29)16-10-17-20(19(26-25-17)12-2-3-12)28(21(16)30)14-5-7-15(8-6-14)31-22(23)24/h4-12,22H,2-3H2,1H3,(H,25,26). The number of fused-ring (bicyclic) bond motifs is 1. The van der Waals surface area contributed by atoms with Gasteiger partial charge in [0.25, 0.3) is 5.56 Å². The molecule has 0 saturated heterocycles. The molecule has 7 nitrogen and oxygen atoms in total. The second-order valence-corrected chi connectivity index (χ2v) is 7.58. The van der Waals surface area contributed by atoms with Gasteiger partial charge in [0.05, 0.1) is 16.8 Å². The van der Waals surface area contributed by atoms with Crippen LogP contribution in [0.4, 0.5) is 8.78 Å². The van der Waals surface area contributed by atoms with Crippen LogP contribution in [0.25, 0.3) is 27.8 Å². The summed E-state index contributed by atoms with van der Waals surface area (Å²) in [5, 5.41) is 7.47. The normalized spacial score (nSPS) is 13.8. The molecule has 9 heteroatoms. The summed E-state index contributed by atoms with van der Waals surface area (Å²) in [6.45, 7) is -2.93. The predicted octanol–water partition coefficient (Wildman–Crippen LogP) is 3.56. The van der Waals surface area contributed by atoms with Gasteiger partial charge in [-0.05, 0) is 49.2 Å². The molecule has 0 aliphatic heterocycles. The topological polar surface area (TPSA) is 81.9 Å². The second kappa shape index (κ2) is 7.19. The van der Waals surface area contributed by atoms with Crippen LogP contribution in [0.5, 0.6) is 5.75 Å². The van der Waals surface area contributed by atoms with E-state index in [1.54, 1.807) is 42.1 Å². The quantitative estimate of drug-likeness (QED) is 0.531. The van der Waals surface area contributed by atoms with Gasteiger partial charge < -0.3 is 9.30 Å². The van der Waals surface area contributed by atoms with Gasteiger partial charge in [-0.3, -0.25) is 19.3 Å². The highest BCUT2D eigenvalue weighted by molar-refractivity contribution is 5.85. The van der Waals surface area contributed by atoms with Crippen LogP contribution >= 0.6 is 0 Å². The van der Waals surface area contributed by atoms with E-state index in [4.69, 9.17) is 0 Å². The van der Waals surface area contributed by atoms with E-state index in [0.717, 1.165) is 18.5 Å². The van der Waals surface area contributed by atoms with Gasteiger partial charge in [0.1, 0.15) is 11.3 Å². The Bertz CT molecular complexity index is 1400. The van der Waals surface area contributed by atoms with Gasteiger partial charge in [-0.2, -0.15) is 13.9 Å². The van der Waals surface area contributed by atoms with Crippen molar-refractivity contribution in [1.82, 2.24) is 19.3 Å².